The number of cyclic esters (lactones) is 1. The lowest BCUT2D eigenvalue weighted by Crippen LogP contribution is -2.48. The highest BCUT2D eigenvalue weighted by Gasteiger charge is 2.34. The molecule has 2 aliphatic heterocycles. The van der Waals surface area contributed by atoms with E-state index in [0.717, 1.165) is 48.5 Å². The minimum atomic E-state index is -0.426. The van der Waals surface area contributed by atoms with E-state index >= 15 is 0 Å². The van der Waals surface area contributed by atoms with Crippen LogP contribution in [0.2, 0.25) is 5.02 Å². The van der Waals surface area contributed by atoms with E-state index in [1.54, 1.807) is 11.0 Å². The van der Waals surface area contributed by atoms with Crippen molar-refractivity contribution in [3.8, 4) is 0 Å². The molecule has 0 saturated carbocycles. The van der Waals surface area contributed by atoms with Crippen LogP contribution in [-0.4, -0.2) is 36.2 Å². The van der Waals surface area contributed by atoms with Crippen LogP contribution in [0, 0.1) is 0 Å². The highest BCUT2D eigenvalue weighted by Crippen LogP contribution is 2.35. The average molecular weight is 385 g/mol. The molecule has 1 amide bonds. The molecule has 2 heterocycles. The van der Waals surface area contributed by atoms with E-state index in [4.69, 9.17) is 16.3 Å². The Labute approximate surface area is 157 Å². The minimum absolute atomic E-state index is 0.0913. The van der Waals surface area contributed by atoms with Gasteiger partial charge < -0.3 is 4.74 Å². The summed E-state index contributed by atoms with van der Waals surface area (Å²) in [6, 6.07) is 5.64. The number of nitrogens with zero attached hydrogens (tertiary/aromatic N) is 2. The monoisotopic (exact) mass is 384 g/mol. The standard InChI is InChI=1S/C18H22ClFN2O2S/c1-2-3-16(11-20)25-21-8-6-15(7-9-21)22-17-5-4-14(19)10-13(17)12-24-18(22)23/h3-5,10,15H,2,6-9,11-12H2,1H3/b16-3+. The van der Waals surface area contributed by atoms with Crippen LogP contribution in [0.25, 0.3) is 0 Å². The fourth-order valence-corrected chi connectivity index (χ4v) is 4.47. The van der Waals surface area contributed by atoms with Crippen LogP contribution in [0.5, 0.6) is 0 Å². The van der Waals surface area contributed by atoms with E-state index in [2.05, 4.69) is 4.31 Å². The van der Waals surface area contributed by atoms with E-state index in [9.17, 15) is 9.18 Å². The first-order valence-electron chi connectivity index (χ1n) is 8.54. The molecule has 1 aromatic rings. The normalized spacial score (nSPS) is 19.7. The first kappa shape index (κ1) is 18.5. The van der Waals surface area contributed by atoms with E-state index in [1.807, 2.05) is 25.1 Å². The quantitative estimate of drug-likeness (QED) is 0.655. The number of halogens is 2. The molecule has 1 saturated heterocycles. The predicted octanol–water partition coefficient (Wildman–Crippen LogP) is 5.17. The van der Waals surface area contributed by atoms with Crippen LogP contribution in [-0.2, 0) is 11.3 Å². The highest BCUT2D eigenvalue weighted by molar-refractivity contribution is 8.00. The summed E-state index contributed by atoms with van der Waals surface area (Å²) in [5.41, 5.74) is 1.83. The number of amides is 1. The first-order valence-corrected chi connectivity index (χ1v) is 9.69. The molecular weight excluding hydrogens is 363 g/mol. The molecule has 0 aliphatic carbocycles. The third-order valence-electron chi connectivity index (χ3n) is 4.45. The van der Waals surface area contributed by atoms with E-state index < -0.39 is 6.67 Å². The average Bonchev–Trinajstić information content (AvgIpc) is 2.62. The van der Waals surface area contributed by atoms with Crippen molar-refractivity contribution in [1.82, 2.24) is 4.31 Å². The van der Waals surface area contributed by atoms with Crippen molar-refractivity contribution in [2.75, 3.05) is 24.7 Å². The molecule has 0 spiro atoms. The molecule has 0 unspecified atom stereocenters. The second-order valence-electron chi connectivity index (χ2n) is 6.16. The number of fused-ring (bicyclic) bond motifs is 1. The summed E-state index contributed by atoms with van der Waals surface area (Å²) >= 11 is 7.54. The van der Waals surface area contributed by atoms with Crippen LogP contribution in [0.1, 0.15) is 31.7 Å². The number of hydrogen-bond donors (Lipinski definition) is 0. The van der Waals surface area contributed by atoms with Gasteiger partial charge in [-0.1, -0.05) is 24.6 Å². The number of piperidine rings is 1. The van der Waals surface area contributed by atoms with Crippen molar-refractivity contribution in [1.29, 1.82) is 0 Å². The molecule has 7 heteroatoms. The van der Waals surface area contributed by atoms with Crippen molar-refractivity contribution in [3.05, 3.63) is 39.8 Å². The number of hydrogen-bond acceptors (Lipinski definition) is 4. The number of ether oxygens (including phenoxy) is 1. The Morgan fingerprint density at radius 3 is 2.88 bits per heavy atom. The zero-order valence-corrected chi connectivity index (χ0v) is 15.8. The number of benzene rings is 1. The molecule has 0 radical (unpaired) electrons. The molecule has 0 N–H and O–H groups in total. The summed E-state index contributed by atoms with van der Waals surface area (Å²) in [7, 11) is 0. The van der Waals surface area contributed by atoms with E-state index in [-0.39, 0.29) is 18.7 Å². The largest absolute Gasteiger partial charge is 0.444 e. The summed E-state index contributed by atoms with van der Waals surface area (Å²) in [6.45, 7) is 3.47. The van der Waals surface area contributed by atoms with Crippen LogP contribution >= 0.6 is 23.5 Å². The fraction of sp³-hybridized carbons (Fsp3) is 0.500. The number of anilines is 1. The zero-order chi connectivity index (χ0) is 17.8. The van der Waals surface area contributed by atoms with Gasteiger partial charge in [0.15, 0.2) is 0 Å². The summed E-state index contributed by atoms with van der Waals surface area (Å²) < 4.78 is 20.5. The van der Waals surface area contributed by atoms with Crippen LogP contribution < -0.4 is 4.90 Å². The first-order chi connectivity index (χ1) is 12.1. The Morgan fingerprint density at radius 1 is 1.44 bits per heavy atom. The van der Waals surface area contributed by atoms with Crippen molar-refractivity contribution < 1.29 is 13.9 Å². The molecule has 136 valence electrons. The topological polar surface area (TPSA) is 32.8 Å². The Bertz CT molecular complexity index is 662. The molecule has 2 aliphatic rings. The van der Waals surface area contributed by atoms with Gasteiger partial charge in [-0.15, -0.1) is 0 Å². The number of alkyl halides is 1. The lowest BCUT2D eigenvalue weighted by Gasteiger charge is -2.39. The molecule has 4 nitrogen and oxygen atoms in total. The second kappa shape index (κ2) is 8.43. The van der Waals surface area contributed by atoms with Crippen LogP contribution in [0.15, 0.2) is 29.2 Å². The van der Waals surface area contributed by atoms with Crippen LogP contribution in [0.3, 0.4) is 0 Å². The Balaban J connectivity index is 1.67. The Kier molecular flexibility index (Phi) is 6.25. The molecule has 1 fully saturated rings. The summed E-state index contributed by atoms with van der Waals surface area (Å²) in [5.74, 6) is 0. The van der Waals surface area contributed by atoms with Gasteiger partial charge in [0.05, 0.1) is 5.69 Å². The second-order valence-corrected chi connectivity index (χ2v) is 7.82. The maximum absolute atomic E-state index is 13.0. The number of rotatable bonds is 5. The molecule has 1 aromatic carbocycles. The van der Waals surface area contributed by atoms with Gasteiger partial charge in [-0.3, -0.25) is 4.90 Å². The van der Waals surface area contributed by atoms with Gasteiger partial charge in [0.1, 0.15) is 13.3 Å². The molecule has 0 bridgehead atoms. The van der Waals surface area contributed by atoms with Gasteiger partial charge in [0.25, 0.3) is 0 Å². The maximum Gasteiger partial charge on any atom is 0.414 e. The highest BCUT2D eigenvalue weighted by atomic mass is 35.5. The lowest BCUT2D eigenvalue weighted by atomic mass is 10.0. The van der Waals surface area contributed by atoms with Crippen molar-refractivity contribution in [3.63, 3.8) is 0 Å². The van der Waals surface area contributed by atoms with Crippen molar-refractivity contribution >= 4 is 35.3 Å². The molecule has 0 aromatic heterocycles. The third kappa shape index (κ3) is 4.30. The number of allylic oxidation sites excluding steroid dienone is 2. The van der Waals surface area contributed by atoms with Crippen LogP contribution in [0.4, 0.5) is 14.9 Å². The Hall–Kier alpha value is -1.24. The molecule has 0 atom stereocenters. The SMILES string of the molecule is CC/C=C(\CF)SN1CCC(N2C(=O)OCc3cc(Cl)ccc32)CC1. The summed E-state index contributed by atoms with van der Waals surface area (Å²) in [6.07, 6.45) is 4.13. The fourth-order valence-electron chi connectivity index (χ4n) is 3.26. The van der Waals surface area contributed by atoms with Gasteiger partial charge >= 0.3 is 6.09 Å². The van der Waals surface area contributed by atoms with Crippen molar-refractivity contribution in [2.45, 2.75) is 38.8 Å². The molecule has 25 heavy (non-hydrogen) atoms. The van der Waals surface area contributed by atoms with Gasteiger partial charge in [0, 0.05) is 34.6 Å². The van der Waals surface area contributed by atoms with Gasteiger partial charge in [-0.25, -0.2) is 13.5 Å². The van der Waals surface area contributed by atoms with E-state index in [1.165, 1.54) is 11.9 Å². The van der Waals surface area contributed by atoms with E-state index in [0.29, 0.717) is 5.02 Å². The smallest absolute Gasteiger partial charge is 0.414 e. The summed E-state index contributed by atoms with van der Waals surface area (Å²) in [5, 5.41) is 0.643. The molecule has 3 rings (SSSR count). The van der Waals surface area contributed by atoms with Gasteiger partial charge in [-0.2, -0.15) is 0 Å². The zero-order valence-electron chi connectivity index (χ0n) is 14.2. The number of carbonyl (C=O) groups excluding carboxylic acids is 1. The third-order valence-corrected chi connectivity index (χ3v) is 5.82. The minimum Gasteiger partial charge on any atom is -0.444 e. The van der Waals surface area contributed by atoms with Gasteiger partial charge in [0.2, 0.25) is 0 Å². The molecular formula is C18H22ClFN2O2S. The predicted molar refractivity (Wildman–Crippen MR) is 101 cm³/mol. The Morgan fingerprint density at radius 2 is 2.20 bits per heavy atom. The van der Waals surface area contributed by atoms with Crippen molar-refractivity contribution in [2.24, 2.45) is 0 Å². The lowest BCUT2D eigenvalue weighted by molar-refractivity contribution is 0.136. The number of carbonyl (C=O) groups is 1. The summed E-state index contributed by atoms with van der Waals surface area (Å²) in [4.78, 5) is 14.8. The van der Waals surface area contributed by atoms with Gasteiger partial charge in [-0.05, 0) is 49.4 Å². The maximum atomic E-state index is 13.0.